The van der Waals surface area contributed by atoms with Gasteiger partial charge in [-0.15, -0.1) is 11.3 Å². The number of nitrogens with zero attached hydrogens (tertiary/aromatic N) is 2. The summed E-state index contributed by atoms with van der Waals surface area (Å²) in [7, 11) is 2.88. The Morgan fingerprint density at radius 2 is 1.85 bits per heavy atom. The number of amides is 2. The standard InChI is InChI=1S/C25H34N2O6S/c1-25(2,32-4)11-10-19-16-20(22(34-19)24(30)31-3)27(23(29)18-8-6-5-7-9-18)17-21(28)26-12-14-33-15-13-26/h16,18H,5-9,12-15,17H2,1-4H3. The molecule has 0 aromatic carbocycles. The molecular formula is C25H34N2O6S. The SMILES string of the molecule is COC(=O)c1sc(C#CC(C)(C)OC)cc1N(CC(=O)N1CCOCC1)C(=O)C1CCCCC1. The normalized spacial score (nSPS) is 17.0. The van der Waals surface area contributed by atoms with Crippen molar-refractivity contribution in [2.45, 2.75) is 51.6 Å². The lowest BCUT2D eigenvalue weighted by Gasteiger charge is -2.32. The van der Waals surface area contributed by atoms with E-state index in [1.807, 2.05) is 13.8 Å². The van der Waals surface area contributed by atoms with Gasteiger partial charge < -0.3 is 24.0 Å². The monoisotopic (exact) mass is 490 g/mol. The molecule has 3 rings (SSSR count). The molecule has 0 bridgehead atoms. The Hall–Kier alpha value is -2.41. The summed E-state index contributed by atoms with van der Waals surface area (Å²) in [5.41, 5.74) is -0.284. The van der Waals surface area contributed by atoms with E-state index in [1.165, 1.54) is 12.0 Å². The fraction of sp³-hybridized carbons (Fsp3) is 0.640. The van der Waals surface area contributed by atoms with Crippen molar-refractivity contribution < 1.29 is 28.6 Å². The first-order valence-electron chi connectivity index (χ1n) is 11.7. The summed E-state index contributed by atoms with van der Waals surface area (Å²) in [6, 6.07) is 1.71. The van der Waals surface area contributed by atoms with Crippen LogP contribution in [0.4, 0.5) is 5.69 Å². The topological polar surface area (TPSA) is 85.4 Å². The van der Waals surface area contributed by atoms with Crippen LogP contribution in [0.15, 0.2) is 6.07 Å². The van der Waals surface area contributed by atoms with Crippen LogP contribution < -0.4 is 4.90 Å². The van der Waals surface area contributed by atoms with E-state index in [2.05, 4.69) is 11.8 Å². The van der Waals surface area contributed by atoms with Crippen LogP contribution in [0.1, 0.15) is 60.5 Å². The third-order valence-electron chi connectivity index (χ3n) is 6.25. The molecule has 0 N–H and O–H groups in total. The average molecular weight is 491 g/mol. The van der Waals surface area contributed by atoms with Gasteiger partial charge in [0.15, 0.2) is 0 Å². The molecule has 34 heavy (non-hydrogen) atoms. The molecule has 0 radical (unpaired) electrons. The summed E-state index contributed by atoms with van der Waals surface area (Å²) >= 11 is 1.16. The minimum absolute atomic E-state index is 0.124. The molecule has 0 spiro atoms. The molecule has 0 unspecified atom stereocenters. The summed E-state index contributed by atoms with van der Waals surface area (Å²) < 4.78 is 15.7. The third-order valence-corrected chi connectivity index (χ3v) is 7.27. The van der Waals surface area contributed by atoms with Gasteiger partial charge in [0.2, 0.25) is 11.8 Å². The zero-order valence-electron chi connectivity index (χ0n) is 20.5. The van der Waals surface area contributed by atoms with Gasteiger partial charge in [-0.2, -0.15) is 0 Å². The van der Waals surface area contributed by atoms with Crippen LogP contribution in [-0.4, -0.2) is 75.4 Å². The molecule has 1 aromatic heterocycles. The molecule has 0 atom stereocenters. The van der Waals surface area contributed by atoms with Crippen LogP contribution in [0.25, 0.3) is 0 Å². The molecule has 1 saturated carbocycles. The maximum absolute atomic E-state index is 13.7. The van der Waals surface area contributed by atoms with Gasteiger partial charge in [-0.1, -0.05) is 31.1 Å². The third kappa shape index (κ3) is 6.59. The molecule has 1 saturated heterocycles. The molecule has 2 amide bonds. The van der Waals surface area contributed by atoms with Crippen LogP contribution in [0.2, 0.25) is 0 Å². The Balaban J connectivity index is 1.99. The van der Waals surface area contributed by atoms with Crippen molar-refractivity contribution in [3.8, 4) is 11.8 Å². The summed E-state index contributed by atoms with van der Waals surface area (Å²) in [5, 5.41) is 0. The van der Waals surface area contributed by atoms with Crippen molar-refractivity contribution in [1.29, 1.82) is 0 Å². The number of anilines is 1. The van der Waals surface area contributed by atoms with E-state index in [4.69, 9.17) is 14.2 Å². The fourth-order valence-electron chi connectivity index (χ4n) is 4.05. The van der Waals surface area contributed by atoms with E-state index in [0.29, 0.717) is 36.9 Å². The number of methoxy groups -OCH3 is 2. The highest BCUT2D eigenvalue weighted by Gasteiger charge is 2.33. The van der Waals surface area contributed by atoms with Crippen LogP contribution in [-0.2, 0) is 23.8 Å². The van der Waals surface area contributed by atoms with Crippen LogP contribution in [0.3, 0.4) is 0 Å². The van der Waals surface area contributed by atoms with Crippen molar-refractivity contribution >= 4 is 34.8 Å². The van der Waals surface area contributed by atoms with Crippen LogP contribution >= 0.6 is 11.3 Å². The molecule has 8 nitrogen and oxygen atoms in total. The minimum atomic E-state index is -0.667. The van der Waals surface area contributed by atoms with Gasteiger partial charge in [-0.3, -0.25) is 9.59 Å². The van der Waals surface area contributed by atoms with E-state index >= 15 is 0 Å². The molecule has 1 aliphatic carbocycles. The maximum atomic E-state index is 13.7. The first kappa shape index (κ1) is 26.2. The Morgan fingerprint density at radius 3 is 2.47 bits per heavy atom. The summed E-state index contributed by atoms with van der Waals surface area (Å²) in [4.78, 5) is 43.5. The Morgan fingerprint density at radius 1 is 1.18 bits per heavy atom. The van der Waals surface area contributed by atoms with Crippen LogP contribution in [0.5, 0.6) is 0 Å². The zero-order chi connectivity index (χ0) is 24.7. The lowest BCUT2D eigenvalue weighted by atomic mass is 9.88. The highest BCUT2D eigenvalue weighted by Crippen LogP contribution is 2.34. The van der Waals surface area contributed by atoms with Gasteiger partial charge >= 0.3 is 5.97 Å². The Kier molecular flexibility index (Phi) is 9.11. The number of rotatable bonds is 6. The van der Waals surface area contributed by atoms with E-state index in [9.17, 15) is 14.4 Å². The zero-order valence-corrected chi connectivity index (χ0v) is 21.3. The van der Waals surface area contributed by atoms with Gasteiger partial charge in [0.05, 0.1) is 30.9 Å². The molecule has 1 aromatic rings. The second kappa shape index (κ2) is 11.8. The number of ether oxygens (including phenoxy) is 3. The van der Waals surface area contributed by atoms with Crippen molar-refractivity contribution in [2.75, 3.05) is 52.0 Å². The van der Waals surface area contributed by atoms with Gasteiger partial charge in [-0.05, 0) is 32.8 Å². The average Bonchev–Trinajstić information content (AvgIpc) is 3.30. The predicted octanol–water partition coefficient (Wildman–Crippen LogP) is 3.08. The molecular weight excluding hydrogens is 456 g/mol. The van der Waals surface area contributed by atoms with Gasteiger partial charge in [0, 0.05) is 26.1 Å². The molecule has 2 heterocycles. The molecule has 2 fully saturated rings. The molecule has 9 heteroatoms. The second-order valence-electron chi connectivity index (χ2n) is 9.03. The van der Waals surface area contributed by atoms with Crippen molar-refractivity contribution in [3.63, 3.8) is 0 Å². The Labute approximate surface area is 205 Å². The largest absolute Gasteiger partial charge is 0.465 e. The summed E-state index contributed by atoms with van der Waals surface area (Å²) in [5.74, 6) is 5.08. The number of carbonyl (C=O) groups is 3. The van der Waals surface area contributed by atoms with Gasteiger partial charge in [0.25, 0.3) is 0 Å². The van der Waals surface area contributed by atoms with E-state index in [-0.39, 0.29) is 29.2 Å². The lowest BCUT2D eigenvalue weighted by molar-refractivity contribution is -0.135. The smallest absolute Gasteiger partial charge is 0.350 e. The molecule has 186 valence electrons. The predicted molar refractivity (Wildman–Crippen MR) is 130 cm³/mol. The van der Waals surface area contributed by atoms with Crippen LogP contribution in [0, 0.1) is 17.8 Å². The van der Waals surface area contributed by atoms with E-state index in [0.717, 1.165) is 43.4 Å². The van der Waals surface area contributed by atoms with Crippen molar-refractivity contribution in [2.24, 2.45) is 5.92 Å². The molecule has 2 aliphatic rings. The first-order chi connectivity index (χ1) is 16.3. The van der Waals surface area contributed by atoms with Gasteiger partial charge in [0.1, 0.15) is 17.0 Å². The number of hydrogen-bond acceptors (Lipinski definition) is 7. The van der Waals surface area contributed by atoms with E-state index in [1.54, 1.807) is 18.1 Å². The first-order valence-corrected chi connectivity index (χ1v) is 12.5. The second-order valence-corrected chi connectivity index (χ2v) is 10.1. The minimum Gasteiger partial charge on any atom is -0.465 e. The summed E-state index contributed by atoms with van der Waals surface area (Å²) in [6.07, 6.45) is 4.65. The number of esters is 1. The van der Waals surface area contributed by atoms with Crippen molar-refractivity contribution in [1.82, 2.24) is 4.90 Å². The highest BCUT2D eigenvalue weighted by molar-refractivity contribution is 7.15. The number of thiophene rings is 1. The van der Waals surface area contributed by atoms with E-state index < -0.39 is 11.6 Å². The lowest BCUT2D eigenvalue weighted by Crippen LogP contribution is -2.48. The highest BCUT2D eigenvalue weighted by atomic mass is 32.1. The number of hydrogen-bond donors (Lipinski definition) is 0. The number of morpholine rings is 1. The summed E-state index contributed by atoms with van der Waals surface area (Å²) in [6.45, 7) is 5.48. The fourth-order valence-corrected chi connectivity index (χ4v) is 4.98. The Bertz CT molecular complexity index is 948. The molecule has 1 aliphatic heterocycles. The quantitative estimate of drug-likeness (QED) is 0.450. The van der Waals surface area contributed by atoms with Crippen molar-refractivity contribution in [3.05, 3.63) is 15.8 Å². The van der Waals surface area contributed by atoms with Gasteiger partial charge in [-0.25, -0.2) is 4.79 Å². The number of carbonyl (C=O) groups excluding carboxylic acids is 3. The maximum Gasteiger partial charge on any atom is 0.350 e.